The van der Waals surface area contributed by atoms with Crippen molar-refractivity contribution in [1.82, 2.24) is 0 Å². The fraction of sp³-hybridized carbons (Fsp3) is 0.867. The van der Waals surface area contributed by atoms with Gasteiger partial charge in [-0.25, -0.2) is 0 Å². The topological polar surface area (TPSA) is 0 Å². The molecule has 3 aliphatic rings. The third-order valence-electron chi connectivity index (χ3n) is 6.09. The van der Waals surface area contributed by atoms with E-state index < -0.39 is 0 Å². The van der Waals surface area contributed by atoms with Crippen LogP contribution in [0.1, 0.15) is 53.4 Å². The predicted octanol–water partition coefficient (Wildman–Crippen LogP) is 4.42. The molecular weight excluding hydrogens is 180 g/mol. The summed E-state index contributed by atoms with van der Waals surface area (Å²) in [6.45, 7) is 9.79. The lowest BCUT2D eigenvalue weighted by molar-refractivity contribution is 0.138. The molecule has 1 unspecified atom stereocenters. The normalized spacial score (nSPS) is 52.4. The minimum absolute atomic E-state index is 0.657. The molecule has 3 aliphatic carbocycles. The second kappa shape index (κ2) is 2.90. The zero-order chi connectivity index (χ0) is 10.8. The first kappa shape index (κ1) is 9.93. The molecule has 3 rings (SSSR count). The maximum atomic E-state index is 2.58. The molecule has 0 radical (unpaired) electrons. The van der Waals surface area contributed by atoms with Gasteiger partial charge in [-0.2, -0.15) is 0 Å². The van der Waals surface area contributed by atoms with Gasteiger partial charge in [-0.05, 0) is 68.6 Å². The zero-order valence-electron chi connectivity index (χ0n) is 10.6. The fourth-order valence-corrected chi connectivity index (χ4v) is 5.11. The number of rotatable bonds is 0. The van der Waals surface area contributed by atoms with E-state index >= 15 is 0 Å². The van der Waals surface area contributed by atoms with Crippen molar-refractivity contribution in [3.8, 4) is 0 Å². The molecule has 0 aromatic rings. The van der Waals surface area contributed by atoms with Crippen molar-refractivity contribution < 1.29 is 0 Å². The van der Waals surface area contributed by atoms with Crippen LogP contribution in [0.2, 0.25) is 0 Å². The molecule has 0 heteroatoms. The van der Waals surface area contributed by atoms with Crippen LogP contribution >= 0.6 is 0 Å². The maximum Gasteiger partial charge on any atom is -0.0139 e. The van der Waals surface area contributed by atoms with Crippen LogP contribution in [0.25, 0.3) is 0 Å². The SMILES string of the molecule is CC(C)=C1[C@H]2CC[C@]3(C)C(C)[C@H](C2)C[C@H]13. The van der Waals surface area contributed by atoms with E-state index in [2.05, 4.69) is 27.7 Å². The van der Waals surface area contributed by atoms with Crippen LogP contribution in [0.15, 0.2) is 11.1 Å². The number of fused-ring (bicyclic) bond motifs is 2. The molecule has 0 aromatic carbocycles. The predicted molar refractivity (Wildman–Crippen MR) is 64.6 cm³/mol. The van der Waals surface area contributed by atoms with E-state index in [1.54, 1.807) is 5.57 Å². The van der Waals surface area contributed by atoms with Gasteiger partial charge in [-0.15, -0.1) is 0 Å². The Hall–Kier alpha value is -0.260. The smallest absolute Gasteiger partial charge is 0.0139 e. The van der Waals surface area contributed by atoms with Gasteiger partial charge < -0.3 is 0 Å². The van der Waals surface area contributed by atoms with Crippen LogP contribution in [-0.2, 0) is 0 Å². The summed E-state index contributed by atoms with van der Waals surface area (Å²) in [6.07, 6.45) is 5.99. The van der Waals surface area contributed by atoms with Gasteiger partial charge in [-0.3, -0.25) is 0 Å². The molecule has 0 nitrogen and oxygen atoms in total. The molecule has 0 heterocycles. The Morgan fingerprint density at radius 1 is 1.27 bits per heavy atom. The molecule has 0 spiro atoms. The molecule has 3 saturated carbocycles. The minimum Gasteiger partial charge on any atom is -0.0767 e. The molecule has 5 atom stereocenters. The highest BCUT2D eigenvalue weighted by molar-refractivity contribution is 5.28. The monoisotopic (exact) mass is 204 g/mol. The zero-order valence-corrected chi connectivity index (χ0v) is 10.6. The Morgan fingerprint density at radius 2 is 2.00 bits per heavy atom. The summed E-state index contributed by atoms with van der Waals surface area (Å²) in [4.78, 5) is 0. The number of hydrogen-bond donors (Lipinski definition) is 0. The summed E-state index contributed by atoms with van der Waals surface area (Å²) in [6, 6.07) is 0. The van der Waals surface area contributed by atoms with E-state index in [4.69, 9.17) is 0 Å². The van der Waals surface area contributed by atoms with Crippen LogP contribution in [-0.4, -0.2) is 0 Å². The molecule has 15 heavy (non-hydrogen) atoms. The minimum atomic E-state index is 0.657. The van der Waals surface area contributed by atoms with E-state index in [1.807, 2.05) is 5.57 Å². The number of hydrogen-bond acceptors (Lipinski definition) is 0. The molecule has 0 N–H and O–H groups in total. The summed E-state index contributed by atoms with van der Waals surface area (Å²) >= 11 is 0. The van der Waals surface area contributed by atoms with Gasteiger partial charge in [0, 0.05) is 0 Å². The lowest BCUT2D eigenvalue weighted by Crippen LogP contribution is -2.35. The number of allylic oxidation sites excluding steroid dienone is 2. The molecule has 0 saturated heterocycles. The summed E-state index contributed by atoms with van der Waals surface area (Å²) in [5.74, 6) is 3.95. The quantitative estimate of drug-likeness (QED) is 0.513. The molecule has 3 fully saturated rings. The van der Waals surface area contributed by atoms with Crippen LogP contribution < -0.4 is 0 Å². The van der Waals surface area contributed by atoms with E-state index in [0.717, 1.165) is 23.7 Å². The van der Waals surface area contributed by atoms with Crippen LogP contribution in [0.4, 0.5) is 0 Å². The third kappa shape index (κ3) is 1.09. The van der Waals surface area contributed by atoms with E-state index in [0.29, 0.717) is 5.41 Å². The van der Waals surface area contributed by atoms with Gasteiger partial charge in [0.05, 0.1) is 0 Å². The van der Waals surface area contributed by atoms with Gasteiger partial charge in [0.15, 0.2) is 0 Å². The highest BCUT2D eigenvalue weighted by atomic mass is 14.6. The van der Waals surface area contributed by atoms with Crippen molar-refractivity contribution in [3.63, 3.8) is 0 Å². The van der Waals surface area contributed by atoms with E-state index in [-0.39, 0.29) is 0 Å². The van der Waals surface area contributed by atoms with Crippen molar-refractivity contribution in [2.75, 3.05) is 0 Å². The first-order valence-electron chi connectivity index (χ1n) is 6.71. The molecule has 0 aromatic heterocycles. The van der Waals surface area contributed by atoms with Gasteiger partial charge >= 0.3 is 0 Å². The van der Waals surface area contributed by atoms with Crippen molar-refractivity contribution in [1.29, 1.82) is 0 Å². The standard InChI is InChI=1S/C15H24/c1-9(2)14-11-5-6-15(4)10(3)12(7-11)8-13(14)15/h10-13H,5-8H2,1-4H3/t10?,11-,12+,13+,15+/m0/s1. The first-order chi connectivity index (χ1) is 7.04. The van der Waals surface area contributed by atoms with E-state index in [9.17, 15) is 0 Å². The van der Waals surface area contributed by atoms with Crippen LogP contribution in [0.5, 0.6) is 0 Å². The van der Waals surface area contributed by atoms with Gasteiger partial charge in [0.2, 0.25) is 0 Å². The highest BCUT2D eigenvalue weighted by Crippen LogP contribution is 2.67. The van der Waals surface area contributed by atoms with Crippen molar-refractivity contribution >= 4 is 0 Å². The van der Waals surface area contributed by atoms with Crippen molar-refractivity contribution in [2.45, 2.75) is 53.4 Å². The molecule has 3 bridgehead atoms. The van der Waals surface area contributed by atoms with Gasteiger partial charge in [-0.1, -0.05) is 25.0 Å². The molecule has 0 amide bonds. The lowest BCUT2D eigenvalue weighted by atomic mass is 9.60. The third-order valence-corrected chi connectivity index (χ3v) is 6.09. The van der Waals surface area contributed by atoms with Crippen LogP contribution in [0, 0.1) is 29.1 Å². The van der Waals surface area contributed by atoms with Gasteiger partial charge in [0.1, 0.15) is 0 Å². The maximum absolute atomic E-state index is 2.58. The molecular formula is C15H24. The molecule has 84 valence electrons. The average molecular weight is 204 g/mol. The fourth-order valence-electron chi connectivity index (χ4n) is 5.11. The van der Waals surface area contributed by atoms with Crippen molar-refractivity contribution in [3.05, 3.63) is 11.1 Å². The van der Waals surface area contributed by atoms with Gasteiger partial charge in [0.25, 0.3) is 0 Å². The second-order valence-electron chi connectivity index (χ2n) is 6.77. The largest absolute Gasteiger partial charge is 0.0767 e. The average Bonchev–Trinajstić information content (AvgIpc) is 2.31. The van der Waals surface area contributed by atoms with Crippen molar-refractivity contribution in [2.24, 2.45) is 29.1 Å². The lowest BCUT2D eigenvalue weighted by Gasteiger charge is -2.44. The Labute approximate surface area is 94.1 Å². The molecule has 0 aliphatic heterocycles. The van der Waals surface area contributed by atoms with E-state index in [1.165, 1.54) is 25.7 Å². The first-order valence-corrected chi connectivity index (χ1v) is 6.71. The Bertz CT molecular complexity index is 319. The Morgan fingerprint density at radius 3 is 2.67 bits per heavy atom. The highest BCUT2D eigenvalue weighted by Gasteiger charge is 2.57. The summed E-state index contributed by atoms with van der Waals surface area (Å²) in [5, 5.41) is 0. The second-order valence-corrected chi connectivity index (χ2v) is 6.77. The summed E-state index contributed by atoms with van der Waals surface area (Å²) in [7, 11) is 0. The van der Waals surface area contributed by atoms with Crippen LogP contribution in [0.3, 0.4) is 0 Å². The Balaban J connectivity index is 2.12. The summed E-state index contributed by atoms with van der Waals surface area (Å²) in [5.41, 5.74) is 4.18. The Kier molecular flexibility index (Phi) is 1.92. The summed E-state index contributed by atoms with van der Waals surface area (Å²) < 4.78 is 0.